The van der Waals surface area contributed by atoms with Crippen molar-refractivity contribution in [3.63, 3.8) is 0 Å². The topological polar surface area (TPSA) is 26.7 Å². The van der Waals surface area contributed by atoms with Gasteiger partial charge in [0, 0.05) is 37.0 Å². The van der Waals surface area contributed by atoms with E-state index in [9.17, 15) is 9.50 Å². The molecule has 4 heteroatoms. The van der Waals surface area contributed by atoms with Gasteiger partial charge >= 0.3 is 0 Å². The van der Waals surface area contributed by atoms with Crippen LogP contribution in [0.2, 0.25) is 0 Å². The maximum Gasteiger partial charge on any atom is 0.123 e. The first-order valence-corrected chi connectivity index (χ1v) is 8.45. The van der Waals surface area contributed by atoms with E-state index in [1.807, 2.05) is 12.1 Å². The highest BCUT2D eigenvalue weighted by Crippen LogP contribution is 2.56. The molecule has 4 fully saturated rings. The first-order valence-electron chi connectivity index (χ1n) is 8.45. The fraction of sp³-hybridized carbons (Fsp3) is 0.667. The molecular formula is C18H25FN2O. The third-order valence-electron chi connectivity index (χ3n) is 6.50. The molecule has 5 rings (SSSR count). The van der Waals surface area contributed by atoms with Crippen LogP contribution >= 0.6 is 0 Å². The summed E-state index contributed by atoms with van der Waals surface area (Å²) in [5, 5.41) is 11.0. The van der Waals surface area contributed by atoms with Crippen molar-refractivity contribution < 1.29 is 9.50 Å². The molecule has 0 unspecified atom stereocenters. The molecule has 0 amide bonds. The van der Waals surface area contributed by atoms with Crippen molar-refractivity contribution >= 4 is 0 Å². The maximum atomic E-state index is 13.2. The Kier molecular flexibility index (Phi) is 3.16. The van der Waals surface area contributed by atoms with E-state index in [1.165, 1.54) is 5.56 Å². The van der Waals surface area contributed by atoms with Gasteiger partial charge in [-0.05, 0) is 30.5 Å². The summed E-state index contributed by atoms with van der Waals surface area (Å²) in [5.74, 6) is -0.178. The van der Waals surface area contributed by atoms with Crippen LogP contribution in [0.4, 0.5) is 4.39 Å². The monoisotopic (exact) mass is 304 g/mol. The summed E-state index contributed by atoms with van der Waals surface area (Å²) in [6, 6.07) is 6.94. The van der Waals surface area contributed by atoms with E-state index in [-0.39, 0.29) is 28.9 Å². The number of nitrogens with zero attached hydrogens (tertiary/aromatic N) is 2. The predicted molar refractivity (Wildman–Crippen MR) is 83.7 cm³/mol. The lowest BCUT2D eigenvalue weighted by atomic mass is 9.57. The van der Waals surface area contributed by atoms with Crippen LogP contribution in [-0.4, -0.2) is 47.2 Å². The minimum Gasteiger partial charge on any atom is -0.392 e. The van der Waals surface area contributed by atoms with Crippen LogP contribution in [-0.2, 0) is 0 Å². The smallest absolute Gasteiger partial charge is 0.123 e. The minimum atomic E-state index is -0.198. The van der Waals surface area contributed by atoms with Crippen molar-refractivity contribution in [2.75, 3.05) is 26.2 Å². The van der Waals surface area contributed by atoms with E-state index in [4.69, 9.17) is 0 Å². The molecule has 4 aliphatic rings. The van der Waals surface area contributed by atoms with Gasteiger partial charge in [0.2, 0.25) is 0 Å². The van der Waals surface area contributed by atoms with Crippen LogP contribution < -0.4 is 0 Å². The van der Waals surface area contributed by atoms with Gasteiger partial charge in [0.15, 0.2) is 0 Å². The molecule has 1 aromatic carbocycles. The van der Waals surface area contributed by atoms with Crippen LogP contribution in [0.3, 0.4) is 0 Å². The lowest BCUT2D eigenvalue weighted by Crippen LogP contribution is -2.78. The zero-order valence-corrected chi connectivity index (χ0v) is 13.4. The van der Waals surface area contributed by atoms with E-state index < -0.39 is 0 Å². The Bertz CT molecular complexity index is 533. The van der Waals surface area contributed by atoms with Crippen molar-refractivity contribution in [1.29, 1.82) is 0 Å². The normalized spacial score (nSPS) is 46.2. The minimum absolute atomic E-state index is 0.00302. The van der Waals surface area contributed by atoms with E-state index in [0.717, 1.165) is 39.0 Å². The molecule has 4 saturated heterocycles. The number of hydrogen-bond donors (Lipinski definition) is 1. The first kappa shape index (κ1) is 14.6. The number of aliphatic hydroxyl groups is 1. The molecule has 0 saturated carbocycles. The van der Waals surface area contributed by atoms with Crippen LogP contribution in [0.25, 0.3) is 0 Å². The highest BCUT2D eigenvalue weighted by Gasteiger charge is 2.63. The van der Waals surface area contributed by atoms with Gasteiger partial charge in [0.25, 0.3) is 0 Å². The third kappa shape index (κ3) is 1.78. The Morgan fingerprint density at radius 1 is 1.00 bits per heavy atom. The Labute approximate surface area is 131 Å². The average Bonchev–Trinajstić information content (AvgIpc) is 2.52. The highest BCUT2D eigenvalue weighted by molar-refractivity contribution is 5.25. The zero-order chi connectivity index (χ0) is 15.5. The molecule has 22 heavy (non-hydrogen) atoms. The van der Waals surface area contributed by atoms with Gasteiger partial charge < -0.3 is 5.11 Å². The Hall–Kier alpha value is -0.970. The Morgan fingerprint density at radius 2 is 1.45 bits per heavy atom. The lowest BCUT2D eigenvalue weighted by Gasteiger charge is -2.69. The van der Waals surface area contributed by atoms with Crippen molar-refractivity contribution in [2.24, 2.45) is 10.8 Å². The van der Waals surface area contributed by atoms with Crippen LogP contribution in [0, 0.1) is 16.6 Å². The van der Waals surface area contributed by atoms with Gasteiger partial charge in [-0.2, -0.15) is 0 Å². The SMILES string of the molecule is CCC12CN3CC(CC)(CN(C1)C3c1ccc(F)cc1)C2O. The van der Waals surface area contributed by atoms with E-state index >= 15 is 0 Å². The number of halogens is 1. The van der Waals surface area contributed by atoms with Gasteiger partial charge in [-0.25, -0.2) is 4.39 Å². The number of benzene rings is 1. The highest BCUT2D eigenvalue weighted by atomic mass is 19.1. The Balaban J connectivity index is 1.73. The number of aliphatic hydroxyl groups excluding tert-OH is 1. The van der Waals surface area contributed by atoms with Crippen LogP contribution in [0.5, 0.6) is 0 Å². The molecule has 0 spiro atoms. The first-order chi connectivity index (χ1) is 10.5. The molecule has 0 aliphatic carbocycles. The van der Waals surface area contributed by atoms with Gasteiger partial charge in [0.05, 0.1) is 12.3 Å². The van der Waals surface area contributed by atoms with Crippen LogP contribution in [0.1, 0.15) is 38.4 Å². The van der Waals surface area contributed by atoms with Crippen LogP contribution in [0.15, 0.2) is 24.3 Å². The van der Waals surface area contributed by atoms with Crippen molar-refractivity contribution in [3.05, 3.63) is 35.6 Å². The summed E-state index contributed by atoms with van der Waals surface area (Å²) >= 11 is 0. The van der Waals surface area contributed by atoms with E-state index in [1.54, 1.807) is 12.1 Å². The number of piperidine rings is 2. The van der Waals surface area contributed by atoms with E-state index in [2.05, 4.69) is 23.6 Å². The summed E-state index contributed by atoms with van der Waals surface area (Å²) in [6.07, 6.45) is 2.07. The molecule has 4 aliphatic heterocycles. The molecule has 4 bridgehead atoms. The lowest BCUT2D eigenvalue weighted by molar-refractivity contribution is -0.266. The fourth-order valence-electron chi connectivity index (χ4n) is 5.29. The molecule has 0 aromatic heterocycles. The predicted octanol–water partition coefficient (Wildman–Crippen LogP) is 2.62. The van der Waals surface area contributed by atoms with Crippen molar-refractivity contribution in [2.45, 2.75) is 39.0 Å². The quantitative estimate of drug-likeness (QED) is 0.930. The maximum absolute atomic E-state index is 13.2. The van der Waals surface area contributed by atoms with Gasteiger partial charge in [-0.15, -0.1) is 0 Å². The molecule has 0 atom stereocenters. The molecule has 1 N–H and O–H groups in total. The average molecular weight is 304 g/mol. The fourth-order valence-corrected chi connectivity index (χ4v) is 5.29. The van der Waals surface area contributed by atoms with Crippen molar-refractivity contribution in [3.8, 4) is 0 Å². The second-order valence-electron chi connectivity index (χ2n) is 7.57. The number of rotatable bonds is 3. The number of hydrogen-bond acceptors (Lipinski definition) is 3. The van der Waals surface area contributed by atoms with Gasteiger partial charge in [0.1, 0.15) is 5.82 Å². The standard InChI is InChI=1S/C18H25FN2O/c1-3-17-9-20-11-18(4-2,16(17)22)12-21(10-17)15(20)13-5-7-14(19)8-6-13/h5-8,15-16,22H,3-4,9-12H2,1-2H3. The summed E-state index contributed by atoms with van der Waals surface area (Å²) in [6.45, 7) is 8.20. The molecule has 120 valence electrons. The molecule has 3 nitrogen and oxygen atoms in total. The zero-order valence-electron chi connectivity index (χ0n) is 13.4. The second-order valence-corrected chi connectivity index (χ2v) is 7.57. The second kappa shape index (κ2) is 4.76. The summed E-state index contributed by atoms with van der Waals surface area (Å²) in [7, 11) is 0. The molecular weight excluding hydrogens is 279 g/mol. The molecule has 1 aromatic rings. The summed E-state index contributed by atoms with van der Waals surface area (Å²) in [4.78, 5) is 5.03. The Morgan fingerprint density at radius 3 is 1.86 bits per heavy atom. The van der Waals surface area contributed by atoms with Crippen molar-refractivity contribution in [1.82, 2.24) is 9.80 Å². The summed E-state index contributed by atoms with van der Waals surface area (Å²) < 4.78 is 13.2. The van der Waals surface area contributed by atoms with Gasteiger partial charge in [-0.3, -0.25) is 9.80 Å². The summed E-state index contributed by atoms with van der Waals surface area (Å²) in [5.41, 5.74) is 1.18. The van der Waals surface area contributed by atoms with E-state index in [0.29, 0.717) is 0 Å². The largest absolute Gasteiger partial charge is 0.392 e. The molecule has 4 heterocycles. The third-order valence-corrected chi connectivity index (χ3v) is 6.50. The van der Waals surface area contributed by atoms with Gasteiger partial charge in [-0.1, -0.05) is 26.0 Å². The molecule has 0 radical (unpaired) electrons.